The third-order valence-electron chi connectivity index (χ3n) is 2.45. The highest BCUT2D eigenvalue weighted by Crippen LogP contribution is 2.21. The molecule has 8 heteroatoms. The van der Waals surface area contributed by atoms with E-state index in [0.29, 0.717) is 17.1 Å². The monoisotopic (exact) mass is 265 g/mol. The van der Waals surface area contributed by atoms with E-state index in [1.807, 2.05) is 0 Å². The fraction of sp³-hybridized carbons (Fsp3) is 0.455. The lowest BCUT2D eigenvalue weighted by atomic mass is 10.0. The SMILES string of the molecule is CC(=O)Nc1ccc(C(O)C(O)CN=[N+]=[N-])c(C)n1. The van der Waals surface area contributed by atoms with Crippen molar-refractivity contribution in [1.82, 2.24) is 4.98 Å². The normalized spacial score (nSPS) is 13.3. The average Bonchev–Trinajstić information content (AvgIpc) is 2.34. The van der Waals surface area contributed by atoms with Crippen LogP contribution >= 0.6 is 0 Å². The van der Waals surface area contributed by atoms with Crippen molar-refractivity contribution in [3.63, 3.8) is 0 Å². The number of aryl methyl sites for hydroxylation is 1. The van der Waals surface area contributed by atoms with Gasteiger partial charge in [0.05, 0.1) is 12.6 Å². The summed E-state index contributed by atoms with van der Waals surface area (Å²) in [6, 6.07) is 3.07. The molecule has 8 nitrogen and oxygen atoms in total. The van der Waals surface area contributed by atoms with Crippen LogP contribution in [-0.4, -0.2) is 33.8 Å². The van der Waals surface area contributed by atoms with Crippen molar-refractivity contribution < 1.29 is 15.0 Å². The van der Waals surface area contributed by atoms with Gasteiger partial charge in [-0.1, -0.05) is 11.2 Å². The molecule has 0 radical (unpaired) electrons. The summed E-state index contributed by atoms with van der Waals surface area (Å²) in [5.74, 6) is 0.120. The van der Waals surface area contributed by atoms with E-state index in [4.69, 9.17) is 5.53 Å². The first kappa shape index (κ1) is 14.9. The number of azide groups is 1. The highest BCUT2D eigenvalue weighted by molar-refractivity contribution is 5.87. The molecule has 102 valence electrons. The van der Waals surface area contributed by atoms with E-state index < -0.39 is 12.2 Å². The highest BCUT2D eigenvalue weighted by atomic mass is 16.3. The smallest absolute Gasteiger partial charge is 0.222 e. The van der Waals surface area contributed by atoms with Crippen LogP contribution in [0.25, 0.3) is 10.4 Å². The van der Waals surface area contributed by atoms with Gasteiger partial charge in [-0.25, -0.2) is 4.98 Å². The van der Waals surface area contributed by atoms with Gasteiger partial charge in [0.15, 0.2) is 0 Å². The summed E-state index contributed by atoms with van der Waals surface area (Å²) in [7, 11) is 0. The number of hydrogen-bond acceptors (Lipinski definition) is 5. The number of pyridine rings is 1. The number of aromatic nitrogens is 1. The van der Waals surface area contributed by atoms with Gasteiger partial charge in [-0.2, -0.15) is 0 Å². The van der Waals surface area contributed by atoms with E-state index in [-0.39, 0.29) is 12.5 Å². The Balaban J connectivity index is 2.89. The van der Waals surface area contributed by atoms with Gasteiger partial charge >= 0.3 is 0 Å². The van der Waals surface area contributed by atoms with Crippen molar-refractivity contribution >= 4 is 11.7 Å². The van der Waals surface area contributed by atoms with Crippen LogP contribution in [0.1, 0.15) is 24.3 Å². The van der Waals surface area contributed by atoms with Gasteiger partial charge in [0.1, 0.15) is 11.9 Å². The first-order chi connectivity index (χ1) is 8.95. The molecule has 0 aliphatic rings. The van der Waals surface area contributed by atoms with E-state index in [2.05, 4.69) is 20.3 Å². The predicted octanol–water partition coefficient (Wildman–Crippen LogP) is 1.05. The number of carbonyl (C=O) groups excluding carboxylic acids is 1. The second-order valence-electron chi connectivity index (χ2n) is 3.98. The molecule has 0 aliphatic carbocycles. The molecular formula is C11H15N5O3. The lowest BCUT2D eigenvalue weighted by Crippen LogP contribution is -2.22. The van der Waals surface area contributed by atoms with Crippen LogP contribution in [0.4, 0.5) is 5.82 Å². The molecule has 1 aromatic heterocycles. The molecule has 0 aliphatic heterocycles. The van der Waals surface area contributed by atoms with E-state index in [9.17, 15) is 15.0 Å². The summed E-state index contributed by atoms with van der Waals surface area (Å²) in [5.41, 5.74) is 9.04. The topological polar surface area (TPSA) is 131 Å². The molecule has 0 spiro atoms. The first-order valence-electron chi connectivity index (χ1n) is 5.57. The Morgan fingerprint density at radius 1 is 1.58 bits per heavy atom. The molecule has 0 aromatic carbocycles. The van der Waals surface area contributed by atoms with Crippen LogP contribution in [0.3, 0.4) is 0 Å². The molecule has 2 atom stereocenters. The predicted molar refractivity (Wildman–Crippen MR) is 68.3 cm³/mol. The zero-order valence-corrected chi connectivity index (χ0v) is 10.6. The number of rotatable bonds is 5. The number of nitrogens with zero attached hydrogens (tertiary/aromatic N) is 4. The number of amides is 1. The molecule has 0 bridgehead atoms. The van der Waals surface area contributed by atoms with Crippen molar-refractivity contribution in [1.29, 1.82) is 0 Å². The highest BCUT2D eigenvalue weighted by Gasteiger charge is 2.20. The number of anilines is 1. The van der Waals surface area contributed by atoms with Gasteiger partial charge in [-0.05, 0) is 18.5 Å². The third-order valence-corrected chi connectivity index (χ3v) is 2.45. The second-order valence-corrected chi connectivity index (χ2v) is 3.98. The Bertz CT molecular complexity index is 513. The van der Waals surface area contributed by atoms with E-state index >= 15 is 0 Å². The van der Waals surface area contributed by atoms with Crippen LogP contribution in [0.15, 0.2) is 17.2 Å². The van der Waals surface area contributed by atoms with Crippen molar-refractivity contribution in [2.45, 2.75) is 26.1 Å². The zero-order valence-electron chi connectivity index (χ0n) is 10.6. The zero-order chi connectivity index (χ0) is 14.4. The van der Waals surface area contributed by atoms with Crippen LogP contribution < -0.4 is 5.32 Å². The van der Waals surface area contributed by atoms with Crippen molar-refractivity contribution in [3.05, 3.63) is 33.8 Å². The van der Waals surface area contributed by atoms with Crippen molar-refractivity contribution in [2.75, 3.05) is 11.9 Å². The summed E-state index contributed by atoms with van der Waals surface area (Å²) in [5, 5.41) is 25.3. The molecular weight excluding hydrogens is 250 g/mol. The summed E-state index contributed by atoms with van der Waals surface area (Å²) in [4.78, 5) is 17.5. The van der Waals surface area contributed by atoms with Crippen LogP contribution in [0.2, 0.25) is 0 Å². The summed E-state index contributed by atoms with van der Waals surface area (Å²) in [6.45, 7) is 2.78. The minimum Gasteiger partial charge on any atom is -0.390 e. The lowest BCUT2D eigenvalue weighted by molar-refractivity contribution is -0.114. The van der Waals surface area contributed by atoms with E-state index in [1.54, 1.807) is 13.0 Å². The lowest BCUT2D eigenvalue weighted by Gasteiger charge is -2.18. The van der Waals surface area contributed by atoms with Crippen molar-refractivity contribution in [2.24, 2.45) is 5.11 Å². The average molecular weight is 265 g/mol. The Hall–Kier alpha value is -2.15. The maximum Gasteiger partial charge on any atom is 0.222 e. The fourth-order valence-electron chi connectivity index (χ4n) is 1.56. The van der Waals surface area contributed by atoms with Crippen LogP contribution in [0.5, 0.6) is 0 Å². The number of aliphatic hydroxyl groups excluding tert-OH is 2. The largest absolute Gasteiger partial charge is 0.390 e. The molecule has 1 aromatic rings. The molecule has 1 amide bonds. The quantitative estimate of drug-likeness (QED) is 0.417. The second kappa shape index (κ2) is 6.69. The minimum absolute atomic E-state index is 0.232. The Morgan fingerprint density at radius 2 is 2.26 bits per heavy atom. The Labute approximate surface area is 109 Å². The summed E-state index contributed by atoms with van der Waals surface area (Å²) >= 11 is 0. The molecule has 0 fully saturated rings. The van der Waals surface area contributed by atoms with Gasteiger partial charge in [-0.15, -0.1) is 0 Å². The molecule has 1 heterocycles. The number of nitrogens with one attached hydrogen (secondary N) is 1. The molecule has 19 heavy (non-hydrogen) atoms. The Kier molecular flexibility index (Phi) is 5.25. The van der Waals surface area contributed by atoms with Crippen LogP contribution in [0, 0.1) is 6.92 Å². The third kappa shape index (κ3) is 4.22. The number of aliphatic hydroxyl groups is 2. The van der Waals surface area contributed by atoms with Crippen molar-refractivity contribution in [3.8, 4) is 0 Å². The van der Waals surface area contributed by atoms with Gasteiger partial charge in [0.2, 0.25) is 5.91 Å². The maximum atomic E-state index is 10.9. The molecule has 0 saturated heterocycles. The van der Waals surface area contributed by atoms with Gasteiger partial charge in [-0.3, -0.25) is 4.79 Å². The standard InChI is InChI=1S/C11H15N5O3/c1-6-8(11(19)9(18)5-13-16-12)3-4-10(14-6)15-7(2)17/h3-4,9,11,18-19H,5H2,1-2H3,(H,14,15,17). The van der Waals surface area contributed by atoms with Gasteiger partial charge in [0.25, 0.3) is 0 Å². The van der Waals surface area contributed by atoms with E-state index in [0.717, 1.165) is 0 Å². The van der Waals surface area contributed by atoms with Gasteiger partial charge in [0, 0.05) is 23.1 Å². The summed E-state index contributed by atoms with van der Waals surface area (Å²) in [6.07, 6.45) is -2.41. The minimum atomic E-state index is -1.21. The molecule has 2 unspecified atom stereocenters. The first-order valence-corrected chi connectivity index (χ1v) is 5.57. The number of carbonyl (C=O) groups is 1. The molecule has 0 saturated carbocycles. The molecule has 3 N–H and O–H groups in total. The number of hydrogen-bond donors (Lipinski definition) is 3. The van der Waals surface area contributed by atoms with E-state index in [1.165, 1.54) is 13.0 Å². The van der Waals surface area contributed by atoms with Crippen LogP contribution in [-0.2, 0) is 4.79 Å². The molecule has 1 rings (SSSR count). The van der Waals surface area contributed by atoms with Gasteiger partial charge < -0.3 is 15.5 Å². The summed E-state index contributed by atoms with van der Waals surface area (Å²) < 4.78 is 0. The Morgan fingerprint density at radius 3 is 2.79 bits per heavy atom. The maximum absolute atomic E-state index is 10.9. The fourth-order valence-corrected chi connectivity index (χ4v) is 1.56.